The molecule has 4 nitrogen and oxygen atoms in total. The van der Waals surface area contributed by atoms with Gasteiger partial charge in [0.2, 0.25) is 0 Å². The van der Waals surface area contributed by atoms with Crippen LogP contribution in [0.2, 0.25) is 10.0 Å². The van der Waals surface area contributed by atoms with Crippen LogP contribution >= 0.6 is 23.2 Å². The van der Waals surface area contributed by atoms with Crippen LogP contribution in [-0.4, -0.2) is 16.1 Å². The highest BCUT2D eigenvalue weighted by molar-refractivity contribution is 6.39. The van der Waals surface area contributed by atoms with Gasteiger partial charge in [0.25, 0.3) is 0 Å². The van der Waals surface area contributed by atoms with E-state index in [0.29, 0.717) is 44.6 Å². The van der Waals surface area contributed by atoms with Crippen LogP contribution in [-0.2, 0) is 17.8 Å². The van der Waals surface area contributed by atoms with Crippen LogP contribution < -0.4 is 4.74 Å². The molecule has 0 saturated carbocycles. The molecule has 0 fully saturated rings. The fourth-order valence-electron chi connectivity index (χ4n) is 3.37. The zero-order chi connectivity index (χ0) is 20.4. The van der Waals surface area contributed by atoms with Crippen LogP contribution in [0.3, 0.4) is 0 Å². The largest absolute Gasteiger partial charge is 0.489 e. The van der Waals surface area contributed by atoms with Crippen LogP contribution in [0.4, 0.5) is 0 Å². The minimum atomic E-state index is -0.936. The van der Waals surface area contributed by atoms with Gasteiger partial charge in [0.15, 0.2) is 0 Å². The number of hydrogen-bond acceptors (Lipinski definition) is 2. The number of ether oxygens (including phenoxy) is 1. The number of halogens is 2. The molecule has 0 aliphatic carbocycles. The Balaban J connectivity index is 1.74. The van der Waals surface area contributed by atoms with Crippen molar-refractivity contribution in [3.8, 4) is 17.0 Å². The van der Waals surface area contributed by atoms with Crippen LogP contribution in [0.5, 0.6) is 5.75 Å². The van der Waals surface area contributed by atoms with Gasteiger partial charge in [0.1, 0.15) is 12.4 Å². The summed E-state index contributed by atoms with van der Waals surface area (Å²) in [7, 11) is 0. The van der Waals surface area contributed by atoms with Crippen LogP contribution in [0.15, 0.2) is 66.7 Å². The Morgan fingerprint density at radius 2 is 1.79 bits per heavy atom. The Hall–Kier alpha value is -2.95. The minimum Gasteiger partial charge on any atom is -0.489 e. The van der Waals surface area contributed by atoms with Gasteiger partial charge in [-0.05, 0) is 35.4 Å². The van der Waals surface area contributed by atoms with E-state index in [1.165, 1.54) is 0 Å². The van der Waals surface area contributed by atoms with E-state index in [9.17, 15) is 9.90 Å². The summed E-state index contributed by atoms with van der Waals surface area (Å²) < 4.78 is 5.91. The molecule has 146 valence electrons. The first-order chi connectivity index (χ1) is 14.0. The third-order valence-corrected chi connectivity index (χ3v) is 5.13. The SMILES string of the molecule is O=C(O)Cc1c(-c2cccc(OCc3ccccc3)c2)[nH]c2cc(Cl)cc(Cl)c12. The Labute approximate surface area is 177 Å². The van der Waals surface area contributed by atoms with Gasteiger partial charge in [-0.2, -0.15) is 0 Å². The van der Waals surface area contributed by atoms with Crippen molar-refractivity contribution in [1.82, 2.24) is 4.98 Å². The molecule has 0 atom stereocenters. The zero-order valence-electron chi connectivity index (χ0n) is 15.3. The third-order valence-electron chi connectivity index (χ3n) is 4.62. The van der Waals surface area contributed by atoms with E-state index >= 15 is 0 Å². The number of hydrogen-bond donors (Lipinski definition) is 2. The highest BCUT2D eigenvalue weighted by Crippen LogP contribution is 2.37. The average molecular weight is 426 g/mol. The zero-order valence-corrected chi connectivity index (χ0v) is 16.8. The average Bonchev–Trinajstić information content (AvgIpc) is 3.05. The first-order valence-corrected chi connectivity index (χ1v) is 9.75. The maximum Gasteiger partial charge on any atom is 0.307 e. The monoisotopic (exact) mass is 425 g/mol. The molecule has 4 rings (SSSR count). The van der Waals surface area contributed by atoms with Gasteiger partial charge in [0, 0.05) is 21.5 Å². The predicted octanol–water partition coefficient (Wildman–Crippen LogP) is 6.35. The molecule has 0 saturated heterocycles. The quantitative estimate of drug-likeness (QED) is 0.378. The molecule has 0 aliphatic rings. The summed E-state index contributed by atoms with van der Waals surface area (Å²) in [6, 6.07) is 20.8. The summed E-state index contributed by atoms with van der Waals surface area (Å²) in [5, 5.41) is 11.0. The van der Waals surface area contributed by atoms with Gasteiger partial charge < -0.3 is 14.8 Å². The number of carbonyl (C=O) groups is 1. The van der Waals surface area contributed by atoms with E-state index < -0.39 is 5.97 Å². The van der Waals surface area contributed by atoms with E-state index in [1.807, 2.05) is 54.6 Å². The maximum absolute atomic E-state index is 11.5. The second-order valence-electron chi connectivity index (χ2n) is 6.66. The van der Waals surface area contributed by atoms with Crippen molar-refractivity contribution in [3.63, 3.8) is 0 Å². The number of nitrogens with one attached hydrogen (secondary N) is 1. The number of aliphatic carboxylic acids is 1. The van der Waals surface area contributed by atoms with E-state index in [2.05, 4.69) is 4.98 Å². The van der Waals surface area contributed by atoms with Gasteiger partial charge in [0.05, 0.1) is 17.1 Å². The summed E-state index contributed by atoms with van der Waals surface area (Å²) >= 11 is 12.5. The molecule has 29 heavy (non-hydrogen) atoms. The predicted molar refractivity (Wildman–Crippen MR) is 116 cm³/mol. The van der Waals surface area contributed by atoms with Crippen molar-refractivity contribution < 1.29 is 14.6 Å². The van der Waals surface area contributed by atoms with Crippen LogP contribution in [0.1, 0.15) is 11.1 Å². The fourth-order valence-corrected chi connectivity index (χ4v) is 3.98. The number of benzene rings is 3. The number of aromatic nitrogens is 1. The standard InChI is InChI=1S/C23H17Cl2NO3/c24-16-10-19(25)22-18(12-21(27)28)23(26-20(22)11-16)15-7-4-8-17(9-15)29-13-14-5-2-1-3-6-14/h1-11,26H,12-13H2,(H,27,28). The van der Waals surface area contributed by atoms with E-state index in [0.717, 1.165) is 11.1 Å². The number of fused-ring (bicyclic) bond motifs is 1. The lowest BCUT2D eigenvalue weighted by atomic mass is 10.0. The van der Waals surface area contributed by atoms with Crippen molar-refractivity contribution in [3.05, 3.63) is 87.9 Å². The number of carboxylic acid groups (broad SMARTS) is 1. The molecular formula is C23H17Cl2NO3. The molecule has 6 heteroatoms. The Kier molecular flexibility index (Phi) is 5.47. The lowest BCUT2D eigenvalue weighted by Crippen LogP contribution is -2.01. The number of aromatic amines is 1. The number of carboxylic acids is 1. The molecule has 4 aromatic rings. The van der Waals surface area contributed by atoms with Gasteiger partial charge in [-0.3, -0.25) is 4.79 Å². The lowest BCUT2D eigenvalue weighted by Gasteiger charge is -2.09. The van der Waals surface area contributed by atoms with Crippen LogP contribution in [0, 0.1) is 0 Å². The number of H-pyrrole nitrogens is 1. The molecule has 1 heterocycles. The Morgan fingerprint density at radius 1 is 1.00 bits per heavy atom. The number of rotatable bonds is 6. The molecule has 0 aliphatic heterocycles. The second-order valence-corrected chi connectivity index (χ2v) is 7.50. The van der Waals surface area contributed by atoms with E-state index in [-0.39, 0.29) is 6.42 Å². The highest BCUT2D eigenvalue weighted by Gasteiger charge is 2.19. The normalized spacial score (nSPS) is 11.0. The summed E-state index contributed by atoms with van der Waals surface area (Å²) in [6.45, 7) is 0.445. The molecule has 0 bridgehead atoms. The first kappa shape index (κ1) is 19.4. The van der Waals surface area contributed by atoms with E-state index in [4.69, 9.17) is 27.9 Å². The Morgan fingerprint density at radius 3 is 2.55 bits per heavy atom. The molecule has 0 amide bonds. The maximum atomic E-state index is 11.5. The summed E-state index contributed by atoms with van der Waals surface area (Å²) in [4.78, 5) is 14.8. The molecule has 1 aromatic heterocycles. The van der Waals surface area contributed by atoms with Crippen molar-refractivity contribution in [2.45, 2.75) is 13.0 Å². The van der Waals surface area contributed by atoms with Crippen molar-refractivity contribution in [2.24, 2.45) is 0 Å². The van der Waals surface area contributed by atoms with E-state index in [1.54, 1.807) is 12.1 Å². The summed E-state index contributed by atoms with van der Waals surface area (Å²) in [5.74, 6) is -0.245. The molecule has 2 N–H and O–H groups in total. The minimum absolute atomic E-state index is 0.161. The third kappa shape index (κ3) is 4.24. The lowest BCUT2D eigenvalue weighted by molar-refractivity contribution is -0.136. The highest BCUT2D eigenvalue weighted by atomic mass is 35.5. The fraction of sp³-hybridized carbons (Fsp3) is 0.0870. The van der Waals surface area contributed by atoms with Gasteiger partial charge in [-0.1, -0.05) is 65.7 Å². The molecule has 0 unspecified atom stereocenters. The summed E-state index contributed by atoms with van der Waals surface area (Å²) in [5.41, 5.74) is 3.89. The van der Waals surface area contributed by atoms with Crippen molar-refractivity contribution in [1.29, 1.82) is 0 Å². The second kappa shape index (κ2) is 8.19. The first-order valence-electron chi connectivity index (χ1n) is 9.00. The smallest absolute Gasteiger partial charge is 0.307 e. The molecule has 0 radical (unpaired) electrons. The molecule has 3 aromatic carbocycles. The van der Waals surface area contributed by atoms with Gasteiger partial charge in [-0.15, -0.1) is 0 Å². The topological polar surface area (TPSA) is 62.3 Å². The van der Waals surface area contributed by atoms with Gasteiger partial charge in [-0.25, -0.2) is 0 Å². The van der Waals surface area contributed by atoms with Crippen LogP contribution in [0.25, 0.3) is 22.2 Å². The Bertz CT molecular complexity index is 1190. The molecule has 0 spiro atoms. The molecular weight excluding hydrogens is 409 g/mol. The summed E-state index contributed by atoms with van der Waals surface area (Å²) in [6.07, 6.45) is -0.161. The van der Waals surface area contributed by atoms with Crippen molar-refractivity contribution in [2.75, 3.05) is 0 Å². The van der Waals surface area contributed by atoms with Gasteiger partial charge >= 0.3 is 5.97 Å². The van der Waals surface area contributed by atoms with Crippen molar-refractivity contribution >= 4 is 40.1 Å².